The van der Waals surface area contributed by atoms with Crippen molar-refractivity contribution in [2.24, 2.45) is 0 Å². The van der Waals surface area contributed by atoms with E-state index in [1.54, 1.807) is 13.3 Å². The molecule has 0 aliphatic heterocycles. The molecule has 0 bridgehead atoms. The highest BCUT2D eigenvalue weighted by atomic mass is 16.6. The van der Waals surface area contributed by atoms with Crippen LogP contribution >= 0.6 is 0 Å². The van der Waals surface area contributed by atoms with E-state index in [2.05, 4.69) is 20.3 Å². The molecule has 0 aliphatic rings. The number of nitrogens with zero attached hydrogens (tertiary/aromatic N) is 2. The largest absolute Gasteiger partial charge is 0.305 e. The van der Waals surface area contributed by atoms with Crippen molar-refractivity contribution in [2.75, 3.05) is 7.11 Å². The van der Waals surface area contributed by atoms with Crippen molar-refractivity contribution < 1.29 is 4.84 Å². The van der Waals surface area contributed by atoms with Crippen LogP contribution in [0.5, 0.6) is 0 Å². The van der Waals surface area contributed by atoms with Gasteiger partial charge in [0.1, 0.15) is 5.82 Å². The summed E-state index contributed by atoms with van der Waals surface area (Å²) in [5.41, 5.74) is 3.63. The molecule has 0 atom stereocenters. The average molecular weight is 153 g/mol. The first-order valence-electron chi connectivity index (χ1n) is 3.37. The second-order valence-corrected chi connectivity index (χ2v) is 2.14. The van der Waals surface area contributed by atoms with E-state index in [4.69, 9.17) is 0 Å². The highest BCUT2D eigenvalue weighted by Gasteiger charge is 1.93. The predicted molar refractivity (Wildman–Crippen MR) is 40.6 cm³/mol. The molecule has 1 N–H and O–H groups in total. The fraction of sp³-hybridized carbons (Fsp3) is 0.429. The molecule has 0 radical (unpaired) electrons. The van der Waals surface area contributed by atoms with E-state index in [-0.39, 0.29) is 0 Å². The van der Waals surface area contributed by atoms with Crippen LogP contribution in [0.2, 0.25) is 0 Å². The summed E-state index contributed by atoms with van der Waals surface area (Å²) in [5.74, 6) is 0.742. The number of aromatic nitrogens is 2. The van der Waals surface area contributed by atoms with Gasteiger partial charge in [-0.2, -0.15) is 5.48 Å². The van der Waals surface area contributed by atoms with Crippen molar-refractivity contribution in [3.05, 3.63) is 23.8 Å². The third kappa shape index (κ3) is 2.61. The molecule has 0 aromatic carbocycles. The molecule has 0 fully saturated rings. The molecule has 1 aromatic heterocycles. The molecule has 4 nitrogen and oxygen atoms in total. The molecular weight excluding hydrogens is 142 g/mol. The van der Waals surface area contributed by atoms with Gasteiger partial charge in [-0.25, -0.2) is 9.97 Å². The normalized spacial score (nSPS) is 10.0. The van der Waals surface area contributed by atoms with Crippen LogP contribution in [0.25, 0.3) is 0 Å². The summed E-state index contributed by atoms with van der Waals surface area (Å²) < 4.78 is 0. The van der Waals surface area contributed by atoms with Crippen molar-refractivity contribution in [3.8, 4) is 0 Å². The molecule has 60 valence electrons. The standard InChI is InChI=1S/C7H11N3O/c1-6-3-4-8-7(10-6)5-9-11-2/h3-4,9H,5H2,1-2H3. The van der Waals surface area contributed by atoms with Crippen molar-refractivity contribution in [2.45, 2.75) is 13.5 Å². The molecular formula is C7H11N3O. The van der Waals surface area contributed by atoms with Crippen LogP contribution in [0, 0.1) is 6.92 Å². The molecule has 0 aliphatic carbocycles. The van der Waals surface area contributed by atoms with E-state index in [1.165, 1.54) is 0 Å². The van der Waals surface area contributed by atoms with Gasteiger partial charge in [-0.1, -0.05) is 0 Å². The van der Waals surface area contributed by atoms with Crippen LogP contribution in [-0.4, -0.2) is 17.1 Å². The molecule has 0 spiro atoms. The molecule has 4 heteroatoms. The van der Waals surface area contributed by atoms with Gasteiger partial charge < -0.3 is 4.84 Å². The second kappa shape index (κ2) is 4.00. The van der Waals surface area contributed by atoms with Crippen LogP contribution in [-0.2, 0) is 11.4 Å². The molecule has 0 saturated heterocycles. The van der Waals surface area contributed by atoms with E-state index in [0.29, 0.717) is 6.54 Å². The minimum atomic E-state index is 0.540. The molecule has 0 unspecified atom stereocenters. The van der Waals surface area contributed by atoms with Gasteiger partial charge in [-0.05, 0) is 13.0 Å². The zero-order valence-electron chi connectivity index (χ0n) is 6.66. The van der Waals surface area contributed by atoms with Gasteiger partial charge in [0.05, 0.1) is 13.7 Å². The molecule has 11 heavy (non-hydrogen) atoms. The van der Waals surface area contributed by atoms with E-state index in [9.17, 15) is 0 Å². The maximum absolute atomic E-state index is 4.66. The lowest BCUT2D eigenvalue weighted by molar-refractivity contribution is 0.0848. The van der Waals surface area contributed by atoms with Crippen molar-refractivity contribution in [3.63, 3.8) is 0 Å². The predicted octanol–water partition coefficient (Wildman–Crippen LogP) is 0.436. The Hall–Kier alpha value is -1.00. The molecule has 0 saturated carbocycles. The molecule has 1 rings (SSSR count). The summed E-state index contributed by atoms with van der Waals surface area (Å²) in [6.07, 6.45) is 1.73. The summed E-state index contributed by atoms with van der Waals surface area (Å²) in [5, 5.41) is 0. The number of hydroxylamine groups is 1. The SMILES string of the molecule is CONCc1nccc(C)n1. The zero-order valence-corrected chi connectivity index (χ0v) is 6.66. The topological polar surface area (TPSA) is 47.0 Å². The minimum absolute atomic E-state index is 0.540. The molecule has 1 aromatic rings. The van der Waals surface area contributed by atoms with Crippen LogP contribution in [0.3, 0.4) is 0 Å². The molecule has 1 heterocycles. The number of rotatable bonds is 3. The lowest BCUT2D eigenvalue weighted by Gasteiger charge is -1.99. The maximum atomic E-state index is 4.66. The summed E-state index contributed by atoms with van der Waals surface area (Å²) >= 11 is 0. The van der Waals surface area contributed by atoms with E-state index < -0.39 is 0 Å². The van der Waals surface area contributed by atoms with Crippen LogP contribution in [0.15, 0.2) is 12.3 Å². The van der Waals surface area contributed by atoms with Gasteiger partial charge in [0.2, 0.25) is 0 Å². The average Bonchev–Trinajstić information content (AvgIpc) is 2.01. The summed E-state index contributed by atoms with van der Waals surface area (Å²) in [7, 11) is 1.57. The summed E-state index contributed by atoms with van der Waals surface area (Å²) in [6, 6.07) is 1.86. The second-order valence-electron chi connectivity index (χ2n) is 2.14. The number of aryl methyl sites for hydroxylation is 1. The Morgan fingerprint density at radius 1 is 1.64 bits per heavy atom. The van der Waals surface area contributed by atoms with Gasteiger partial charge in [-0.3, -0.25) is 0 Å². The zero-order chi connectivity index (χ0) is 8.10. The van der Waals surface area contributed by atoms with Crippen LogP contribution < -0.4 is 5.48 Å². The first-order chi connectivity index (χ1) is 5.33. The maximum Gasteiger partial charge on any atom is 0.144 e. The highest BCUT2D eigenvalue weighted by Crippen LogP contribution is 1.91. The smallest absolute Gasteiger partial charge is 0.144 e. The van der Waals surface area contributed by atoms with Gasteiger partial charge in [0.25, 0.3) is 0 Å². The quantitative estimate of drug-likeness (QED) is 0.640. The fourth-order valence-corrected chi connectivity index (χ4v) is 0.723. The number of nitrogens with one attached hydrogen (secondary N) is 1. The molecule has 0 amide bonds. The van der Waals surface area contributed by atoms with Crippen LogP contribution in [0.4, 0.5) is 0 Å². The van der Waals surface area contributed by atoms with E-state index in [1.807, 2.05) is 13.0 Å². The van der Waals surface area contributed by atoms with Gasteiger partial charge in [-0.15, -0.1) is 0 Å². The number of hydrogen-bond acceptors (Lipinski definition) is 4. The first kappa shape index (κ1) is 8.10. The minimum Gasteiger partial charge on any atom is -0.305 e. The van der Waals surface area contributed by atoms with Gasteiger partial charge in [0, 0.05) is 11.9 Å². The Bertz CT molecular complexity index is 227. The van der Waals surface area contributed by atoms with Gasteiger partial charge >= 0.3 is 0 Å². The van der Waals surface area contributed by atoms with Crippen LogP contribution in [0.1, 0.15) is 11.5 Å². The van der Waals surface area contributed by atoms with Crippen molar-refractivity contribution in [1.82, 2.24) is 15.4 Å². The fourth-order valence-electron chi connectivity index (χ4n) is 0.723. The summed E-state index contributed by atoms with van der Waals surface area (Å²) in [6.45, 7) is 2.47. The Morgan fingerprint density at radius 2 is 2.45 bits per heavy atom. The number of hydrogen-bond donors (Lipinski definition) is 1. The lowest BCUT2D eigenvalue weighted by Crippen LogP contribution is -2.13. The Balaban J connectivity index is 2.56. The van der Waals surface area contributed by atoms with Crippen molar-refractivity contribution >= 4 is 0 Å². The van der Waals surface area contributed by atoms with E-state index in [0.717, 1.165) is 11.5 Å². The lowest BCUT2D eigenvalue weighted by atomic mass is 10.4. The Labute approximate surface area is 65.6 Å². The first-order valence-corrected chi connectivity index (χ1v) is 3.37. The third-order valence-corrected chi connectivity index (χ3v) is 1.22. The highest BCUT2D eigenvalue weighted by molar-refractivity contribution is 4.98. The third-order valence-electron chi connectivity index (χ3n) is 1.22. The van der Waals surface area contributed by atoms with Gasteiger partial charge in [0.15, 0.2) is 0 Å². The Kier molecular flexibility index (Phi) is 2.95. The Morgan fingerprint density at radius 3 is 3.09 bits per heavy atom. The van der Waals surface area contributed by atoms with E-state index >= 15 is 0 Å². The monoisotopic (exact) mass is 153 g/mol. The van der Waals surface area contributed by atoms with Crippen molar-refractivity contribution in [1.29, 1.82) is 0 Å². The summed E-state index contributed by atoms with van der Waals surface area (Å²) in [4.78, 5) is 12.8.